The quantitative estimate of drug-likeness (QED) is 0.264. The molecule has 0 bridgehead atoms. The fraction of sp³-hybridized carbons (Fsp3) is 0.0909. The second-order valence-electron chi connectivity index (χ2n) is 6.37. The maximum Gasteiger partial charge on any atom is 0.278 e. The van der Waals surface area contributed by atoms with E-state index in [-0.39, 0.29) is 11.3 Å². The fourth-order valence-corrected chi connectivity index (χ4v) is 3.89. The van der Waals surface area contributed by atoms with Gasteiger partial charge in [0, 0.05) is 21.5 Å². The van der Waals surface area contributed by atoms with Crippen LogP contribution in [-0.2, 0) is 4.79 Å². The number of nitro benzene ring substituents is 1. The Kier molecular flexibility index (Phi) is 5.86. The Morgan fingerprint density at radius 3 is 2.45 bits per heavy atom. The van der Waals surface area contributed by atoms with Crippen molar-refractivity contribution < 1.29 is 9.72 Å². The highest BCUT2D eigenvalue weighted by molar-refractivity contribution is 7.16. The van der Waals surface area contributed by atoms with E-state index in [1.165, 1.54) is 23.5 Å². The predicted octanol–water partition coefficient (Wildman–Crippen LogP) is 5.49. The highest BCUT2D eigenvalue weighted by Gasteiger charge is 2.17. The van der Waals surface area contributed by atoms with Crippen molar-refractivity contribution in [2.24, 2.45) is 0 Å². The first kappa shape index (κ1) is 20.0. The second-order valence-corrected chi connectivity index (χ2v) is 7.48. The molecule has 1 heterocycles. The number of thiophene rings is 1. The molecular weight excluding hydrogens is 386 g/mol. The van der Waals surface area contributed by atoms with Crippen LogP contribution in [0.4, 0.5) is 11.4 Å². The summed E-state index contributed by atoms with van der Waals surface area (Å²) in [5.41, 5.74) is 2.98. The summed E-state index contributed by atoms with van der Waals surface area (Å²) in [6.07, 6.45) is 1.49. The molecule has 0 radical (unpaired) electrons. The van der Waals surface area contributed by atoms with Gasteiger partial charge in [-0.15, -0.1) is 11.3 Å². The third-order valence-corrected chi connectivity index (χ3v) is 5.43. The van der Waals surface area contributed by atoms with Gasteiger partial charge >= 0.3 is 0 Å². The van der Waals surface area contributed by atoms with Gasteiger partial charge in [0.2, 0.25) is 0 Å². The molecule has 0 unspecified atom stereocenters. The molecule has 6 nitrogen and oxygen atoms in total. The lowest BCUT2D eigenvalue weighted by atomic mass is 10.1. The summed E-state index contributed by atoms with van der Waals surface area (Å²) in [5, 5.41) is 23.5. The molecule has 0 spiro atoms. The van der Waals surface area contributed by atoms with Gasteiger partial charge in [0.1, 0.15) is 11.6 Å². The lowest BCUT2D eigenvalue weighted by molar-refractivity contribution is -0.384. The Balaban J connectivity index is 1.89. The van der Waals surface area contributed by atoms with Gasteiger partial charge in [-0.3, -0.25) is 14.9 Å². The van der Waals surface area contributed by atoms with E-state index in [9.17, 15) is 20.2 Å². The molecule has 1 N–H and O–H groups in total. The summed E-state index contributed by atoms with van der Waals surface area (Å²) in [6.45, 7) is 3.77. The van der Waals surface area contributed by atoms with Crippen molar-refractivity contribution in [1.82, 2.24) is 0 Å². The van der Waals surface area contributed by atoms with E-state index in [2.05, 4.69) is 5.32 Å². The topological polar surface area (TPSA) is 96.0 Å². The number of benzene rings is 2. The number of nitrogens with one attached hydrogen (secondary N) is 1. The molecule has 3 aromatic rings. The lowest BCUT2D eigenvalue weighted by Gasteiger charge is -2.10. The number of para-hydroxylation sites is 2. The van der Waals surface area contributed by atoms with E-state index in [0.717, 1.165) is 11.1 Å². The first-order valence-corrected chi connectivity index (χ1v) is 9.55. The van der Waals surface area contributed by atoms with Gasteiger partial charge in [-0.05, 0) is 49.2 Å². The first-order chi connectivity index (χ1) is 13.9. The van der Waals surface area contributed by atoms with Crippen LogP contribution in [0, 0.1) is 35.3 Å². The highest BCUT2D eigenvalue weighted by Crippen LogP contribution is 2.35. The summed E-state index contributed by atoms with van der Waals surface area (Å²) in [4.78, 5) is 24.8. The fourth-order valence-electron chi connectivity index (χ4n) is 2.90. The summed E-state index contributed by atoms with van der Waals surface area (Å²) >= 11 is 1.28. The van der Waals surface area contributed by atoms with E-state index in [4.69, 9.17) is 0 Å². The average molecular weight is 403 g/mol. The van der Waals surface area contributed by atoms with Crippen molar-refractivity contribution >= 4 is 34.7 Å². The van der Waals surface area contributed by atoms with E-state index < -0.39 is 10.8 Å². The zero-order valence-electron chi connectivity index (χ0n) is 15.8. The Hall–Kier alpha value is -3.76. The molecule has 144 valence electrons. The Labute approximate surface area is 171 Å². The molecule has 2 aromatic carbocycles. The molecule has 0 aliphatic carbocycles. The van der Waals surface area contributed by atoms with Crippen LogP contribution in [0.3, 0.4) is 0 Å². The van der Waals surface area contributed by atoms with Gasteiger partial charge in [-0.2, -0.15) is 5.26 Å². The van der Waals surface area contributed by atoms with Crippen LogP contribution in [-0.4, -0.2) is 10.8 Å². The van der Waals surface area contributed by atoms with Crippen molar-refractivity contribution in [1.29, 1.82) is 5.26 Å². The molecule has 0 aliphatic rings. The van der Waals surface area contributed by atoms with Crippen LogP contribution in [0.1, 0.15) is 16.0 Å². The molecular formula is C22H17N3O3S. The normalized spacial score (nSPS) is 11.0. The minimum Gasteiger partial charge on any atom is -0.321 e. The predicted molar refractivity (Wildman–Crippen MR) is 115 cm³/mol. The SMILES string of the molecule is Cc1cccc(C)c1NC(=O)/C(C#N)=C/c1ccc(-c2ccccc2[N+](=O)[O-])s1. The Morgan fingerprint density at radius 2 is 1.79 bits per heavy atom. The Bertz CT molecular complexity index is 1150. The van der Waals surface area contributed by atoms with Gasteiger partial charge < -0.3 is 5.32 Å². The monoisotopic (exact) mass is 403 g/mol. The largest absolute Gasteiger partial charge is 0.321 e. The van der Waals surface area contributed by atoms with Crippen LogP contribution in [0.2, 0.25) is 0 Å². The number of hydrogen-bond donors (Lipinski definition) is 1. The summed E-state index contributed by atoms with van der Waals surface area (Å²) < 4.78 is 0. The Morgan fingerprint density at radius 1 is 1.10 bits per heavy atom. The third kappa shape index (κ3) is 4.39. The van der Waals surface area contributed by atoms with Crippen molar-refractivity contribution in [2.75, 3.05) is 5.32 Å². The smallest absolute Gasteiger partial charge is 0.278 e. The van der Waals surface area contributed by atoms with E-state index in [0.29, 0.717) is 21.0 Å². The lowest BCUT2D eigenvalue weighted by Crippen LogP contribution is -2.15. The number of anilines is 1. The van der Waals surface area contributed by atoms with Gasteiger partial charge in [-0.1, -0.05) is 30.3 Å². The maximum absolute atomic E-state index is 12.6. The molecule has 0 saturated heterocycles. The number of carbonyl (C=O) groups excluding carboxylic acids is 1. The van der Waals surface area contributed by atoms with Crippen molar-refractivity contribution in [2.45, 2.75) is 13.8 Å². The number of hydrogen-bond acceptors (Lipinski definition) is 5. The molecule has 1 amide bonds. The molecule has 0 aliphatic heterocycles. The van der Waals surface area contributed by atoms with Crippen LogP contribution < -0.4 is 5.32 Å². The summed E-state index contributed by atoms with van der Waals surface area (Å²) in [7, 11) is 0. The van der Waals surface area contributed by atoms with Gasteiger partial charge in [0.25, 0.3) is 11.6 Å². The van der Waals surface area contributed by atoms with E-state index >= 15 is 0 Å². The molecule has 29 heavy (non-hydrogen) atoms. The molecule has 0 atom stereocenters. The number of amides is 1. The second kappa shape index (κ2) is 8.50. The van der Waals surface area contributed by atoms with Crippen LogP contribution in [0.5, 0.6) is 0 Å². The number of rotatable bonds is 5. The maximum atomic E-state index is 12.6. The number of nitriles is 1. The third-order valence-electron chi connectivity index (χ3n) is 4.36. The highest BCUT2D eigenvalue weighted by atomic mass is 32.1. The molecule has 7 heteroatoms. The van der Waals surface area contributed by atoms with Crippen LogP contribution in [0.15, 0.2) is 60.2 Å². The number of carbonyl (C=O) groups is 1. The van der Waals surface area contributed by atoms with E-state index in [1.54, 1.807) is 30.3 Å². The standard InChI is InChI=1S/C22H17N3O3S/c1-14-6-5-7-15(2)21(14)24-22(26)16(13-23)12-17-10-11-20(29-17)18-8-3-4-9-19(18)25(27)28/h3-12H,1-2H3,(H,24,26)/b16-12+. The van der Waals surface area contributed by atoms with Crippen molar-refractivity contribution in [3.8, 4) is 16.5 Å². The van der Waals surface area contributed by atoms with Gasteiger partial charge in [0.15, 0.2) is 0 Å². The van der Waals surface area contributed by atoms with Crippen molar-refractivity contribution in [3.63, 3.8) is 0 Å². The van der Waals surface area contributed by atoms with E-state index in [1.807, 2.05) is 38.1 Å². The van der Waals surface area contributed by atoms with Gasteiger partial charge in [-0.25, -0.2) is 0 Å². The molecule has 0 saturated carbocycles. The van der Waals surface area contributed by atoms with Crippen molar-refractivity contribution in [3.05, 3.63) is 86.3 Å². The minimum atomic E-state index is -0.495. The summed E-state index contributed by atoms with van der Waals surface area (Å²) in [6, 6.07) is 17.6. The summed E-state index contributed by atoms with van der Waals surface area (Å²) in [5.74, 6) is -0.495. The zero-order chi connectivity index (χ0) is 21.0. The average Bonchev–Trinajstić information content (AvgIpc) is 3.17. The molecule has 3 rings (SSSR count). The van der Waals surface area contributed by atoms with Gasteiger partial charge in [0.05, 0.1) is 10.5 Å². The van der Waals surface area contributed by atoms with Crippen LogP contribution >= 0.6 is 11.3 Å². The first-order valence-electron chi connectivity index (χ1n) is 8.73. The minimum absolute atomic E-state index is 0.0122. The molecule has 1 aromatic heterocycles. The number of aryl methyl sites for hydroxylation is 2. The number of nitro groups is 1. The zero-order valence-corrected chi connectivity index (χ0v) is 16.6. The van der Waals surface area contributed by atoms with Crippen LogP contribution in [0.25, 0.3) is 16.5 Å². The molecule has 0 fully saturated rings. The number of nitrogens with zero attached hydrogens (tertiary/aromatic N) is 2.